The van der Waals surface area contributed by atoms with E-state index in [4.69, 9.17) is 0 Å². The summed E-state index contributed by atoms with van der Waals surface area (Å²) in [5.41, 5.74) is 0. The molecule has 1 fully saturated rings. The second-order valence-corrected chi connectivity index (χ2v) is 4.79. The van der Waals surface area contributed by atoms with Gasteiger partial charge >= 0.3 is 0 Å². The Hall–Kier alpha value is -0.830. The van der Waals surface area contributed by atoms with Crippen LogP contribution in [0.2, 0.25) is 0 Å². The molecule has 0 aromatic heterocycles. The van der Waals surface area contributed by atoms with Crippen molar-refractivity contribution in [1.29, 1.82) is 0 Å². The molecular weight excluding hydrogens is 200 g/mol. The van der Waals surface area contributed by atoms with Crippen LogP contribution in [-0.4, -0.2) is 37.5 Å². The van der Waals surface area contributed by atoms with E-state index in [1.165, 1.54) is 32.1 Å². The van der Waals surface area contributed by atoms with Gasteiger partial charge in [-0.3, -0.25) is 9.69 Å². The van der Waals surface area contributed by atoms with Gasteiger partial charge in [-0.25, -0.2) is 0 Å². The predicted molar refractivity (Wildman–Crippen MR) is 67.3 cm³/mol. The van der Waals surface area contributed by atoms with Gasteiger partial charge in [-0.15, -0.1) is 6.58 Å². The van der Waals surface area contributed by atoms with Crippen LogP contribution in [0, 0.1) is 5.92 Å². The van der Waals surface area contributed by atoms with Gasteiger partial charge in [-0.2, -0.15) is 0 Å². The van der Waals surface area contributed by atoms with E-state index in [1.54, 1.807) is 6.08 Å². The largest absolute Gasteiger partial charge is 0.352 e. The molecule has 3 nitrogen and oxygen atoms in total. The summed E-state index contributed by atoms with van der Waals surface area (Å²) < 4.78 is 0. The van der Waals surface area contributed by atoms with Crippen LogP contribution in [-0.2, 0) is 4.79 Å². The van der Waals surface area contributed by atoms with Gasteiger partial charge in [0.1, 0.15) is 0 Å². The van der Waals surface area contributed by atoms with Crippen molar-refractivity contribution in [3.8, 4) is 0 Å². The predicted octanol–water partition coefficient (Wildman–Crippen LogP) is 1.80. The van der Waals surface area contributed by atoms with Gasteiger partial charge in [-0.1, -0.05) is 25.3 Å². The Balaban J connectivity index is 2.15. The molecule has 16 heavy (non-hydrogen) atoms. The first kappa shape index (κ1) is 13.2. The lowest BCUT2D eigenvalue weighted by molar-refractivity contribution is -0.121. The maximum absolute atomic E-state index is 11.5. The second-order valence-electron chi connectivity index (χ2n) is 4.79. The van der Waals surface area contributed by atoms with Crippen molar-refractivity contribution in [3.05, 3.63) is 12.7 Å². The second kappa shape index (κ2) is 7.44. The number of nitrogens with one attached hydrogen (secondary N) is 1. The first-order valence-corrected chi connectivity index (χ1v) is 6.28. The Morgan fingerprint density at radius 3 is 2.75 bits per heavy atom. The molecule has 0 aromatic rings. The zero-order chi connectivity index (χ0) is 11.8. The van der Waals surface area contributed by atoms with Crippen LogP contribution in [0.3, 0.4) is 0 Å². The number of carbonyl (C=O) groups excluding carboxylic acids is 1. The van der Waals surface area contributed by atoms with Gasteiger partial charge < -0.3 is 5.32 Å². The molecule has 0 heterocycles. The zero-order valence-electron chi connectivity index (χ0n) is 10.4. The summed E-state index contributed by atoms with van der Waals surface area (Å²) >= 11 is 0. The highest BCUT2D eigenvalue weighted by Gasteiger charge is 2.16. The highest BCUT2D eigenvalue weighted by atomic mass is 16.1. The van der Waals surface area contributed by atoms with E-state index < -0.39 is 0 Å². The molecule has 0 bridgehead atoms. The van der Waals surface area contributed by atoms with Gasteiger partial charge in [0.05, 0.1) is 6.54 Å². The lowest BCUT2D eigenvalue weighted by atomic mass is 9.89. The van der Waals surface area contributed by atoms with Crippen LogP contribution in [0.1, 0.15) is 32.1 Å². The quantitative estimate of drug-likeness (QED) is 0.698. The van der Waals surface area contributed by atoms with Crippen molar-refractivity contribution in [3.63, 3.8) is 0 Å². The summed E-state index contributed by atoms with van der Waals surface area (Å²) in [4.78, 5) is 13.6. The van der Waals surface area contributed by atoms with Gasteiger partial charge in [0.25, 0.3) is 0 Å². The fraction of sp³-hybridized carbons (Fsp3) is 0.769. The molecule has 3 heteroatoms. The molecule has 0 spiro atoms. The van der Waals surface area contributed by atoms with Crippen LogP contribution in [0.25, 0.3) is 0 Å². The average molecular weight is 224 g/mol. The van der Waals surface area contributed by atoms with Crippen molar-refractivity contribution in [2.24, 2.45) is 5.92 Å². The third kappa shape index (κ3) is 5.31. The summed E-state index contributed by atoms with van der Waals surface area (Å²) in [6.07, 6.45) is 8.48. The minimum absolute atomic E-state index is 0.0956. The summed E-state index contributed by atoms with van der Waals surface area (Å²) in [6.45, 7) is 5.70. The van der Waals surface area contributed by atoms with E-state index in [0.717, 1.165) is 12.5 Å². The van der Waals surface area contributed by atoms with Crippen molar-refractivity contribution in [2.75, 3.05) is 26.7 Å². The van der Waals surface area contributed by atoms with Crippen LogP contribution in [0.4, 0.5) is 0 Å². The number of likely N-dealkylation sites (N-methyl/N-ethyl adjacent to an activating group) is 1. The number of carbonyl (C=O) groups is 1. The standard InChI is InChI=1S/C13H24N2O/c1-3-9-14-13(16)11-15(2)10-12-7-5-4-6-8-12/h3,12H,1,4-11H2,2H3,(H,14,16). The SMILES string of the molecule is C=CCNC(=O)CN(C)CC1CCCCC1. The Morgan fingerprint density at radius 2 is 2.12 bits per heavy atom. The van der Waals surface area contributed by atoms with Gasteiger partial charge in [0, 0.05) is 13.1 Å². The van der Waals surface area contributed by atoms with Crippen molar-refractivity contribution in [2.45, 2.75) is 32.1 Å². The Morgan fingerprint density at radius 1 is 1.44 bits per heavy atom. The molecule has 0 unspecified atom stereocenters. The lowest BCUT2D eigenvalue weighted by Gasteiger charge is -2.26. The molecule has 1 saturated carbocycles. The van der Waals surface area contributed by atoms with Crippen LogP contribution >= 0.6 is 0 Å². The summed E-state index contributed by atoms with van der Waals surface area (Å²) in [5.74, 6) is 0.893. The fourth-order valence-corrected chi connectivity index (χ4v) is 2.36. The molecule has 0 atom stereocenters. The van der Waals surface area contributed by atoms with E-state index in [2.05, 4.69) is 16.8 Å². The molecular formula is C13H24N2O. The van der Waals surface area contributed by atoms with Crippen molar-refractivity contribution >= 4 is 5.91 Å². The third-order valence-electron chi connectivity index (χ3n) is 3.15. The molecule has 0 radical (unpaired) electrons. The molecule has 1 amide bonds. The number of amides is 1. The van der Waals surface area contributed by atoms with Crippen LogP contribution in [0.5, 0.6) is 0 Å². The molecule has 0 saturated heterocycles. The Kier molecular flexibility index (Phi) is 6.16. The number of hydrogen-bond donors (Lipinski definition) is 1. The lowest BCUT2D eigenvalue weighted by Crippen LogP contribution is -2.37. The fourth-order valence-electron chi connectivity index (χ4n) is 2.36. The number of hydrogen-bond acceptors (Lipinski definition) is 2. The number of rotatable bonds is 6. The van der Waals surface area contributed by atoms with Gasteiger partial charge in [0.15, 0.2) is 0 Å². The molecule has 0 aromatic carbocycles. The highest BCUT2D eigenvalue weighted by molar-refractivity contribution is 5.78. The average Bonchev–Trinajstić information content (AvgIpc) is 2.27. The summed E-state index contributed by atoms with van der Waals surface area (Å²) in [6, 6.07) is 0. The van der Waals surface area contributed by atoms with E-state index in [-0.39, 0.29) is 5.91 Å². The topological polar surface area (TPSA) is 32.3 Å². The minimum Gasteiger partial charge on any atom is -0.352 e. The summed E-state index contributed by atoms with van der Waals surface area (Å²) in [7, 11) is 2.03. The maximum atomic E-state index is 11.5. The van der Waals surface area contributed by atoms with Crippen LogP contribution < -0.4 is 5.32 Å². The zero-order valence-corrected chi connectivity index (χ0v) is 10.4. The first-order chi connectivity index (χ1) is 7.72. The monoisotopic (exact) mass is 224 g/mol. The molecule has 1 aliphatic carbocycles. The molecule has 1 rings (SSSR count). The maximum Gasteiger partial charge on any atom is 0.234 e. The molecule has 92 valence electrons. The van der Waals surface area contributed by atoms with Crippen molar-refractivity contribution in [1.82, 2.24) is 10.2 Å². The van der Waals surface area contributed by atoms with Gasteiger partial charge in [0.2, 0.25) is 5.91 Å². The van der Waals surface area contributed by atoms with E-state index in [1.807, 2.05) is 7.05 Å². The Labute approximate surface area is 98.9 Å². The number of nitrogens with zero attached hydrogens (tertiary/aromatic N) is 1. The van der Waals surface area contributed by atoms with E-state index >= 15 is 0 Å². The van der Waals surface area contributed by atoms with Crippen LogP contribution in [0.15, 0.2) is 12.7 Å². The smallest absolute Gasteiger partial charge is 0.234 e. The van der Waals surface area contributed by atoms with E-state index in [0.29, 0.717) is 13.1 Å². The van der Waals surface area contributed by atoms with Gasteiger partial charge in [-0.05, 0) is 25.8 Å². The molecule has 1 N–H and O–H groups in total. The highest BCUT2D eigenvalue weighted by Crippen LogP contribution is 2.23. The Bertz CT molecular complexity index is 222. The molecule has 1 aliphatic rings. The molecule has 0 aliphatic heterocycles. The normalized spacial score (nSPS) is 17.4. The van der Waals surface area contributed by atoms with E-state index in [9.17, 15) is 4.79 Å². The third-order valence-corrected chi connectivity index (χ3v) is 3.15. The van der Waals surface area contributed by atoms with Crippen molar-refractivity contribution < 1.29 is 4.79 Å². The summed E-state index contributed by atoms with van der Waals surface area (Å²) in [5, 5.41) is 2.80. The minimum atomic E-state index is 0.0956. The first-order valence-electron chi connectivity index (χ1n) is 6.28.